The molecule has 0 heterocycles. The van der Waals surface area contributed by atoms with Gasteiger partial charge in [0.1, 0.15) is 0 Å². The van der Waals surface area contributed by atoms with Crippen LogP contribution in [-0.4, -0.2) is 57.3 Å². The topological polar surface area (TPSA) is 62.9 Å². The number of guanidine groups is 1. The summed E-state index contributed by atoms with van der Waals surface area (Å²) < 4.78 is 4.89. The first-order valence-corrected chi connectivity index (χ1v) is 5.31. The molecule has 0 saturated heterocycles. The van der Waals surface area contributed by atoms with Gasteiger partial charge < -0.3 is 20.7 Å². The Morgan fingerprint density at radius 2 is 2.12 bits per heavy atom. The second-order valence-electron chi connectivity index (χ2n) is 3.76. The summed E-state index contributed by atoms with van der Waals surface area (Å²) in [4.78, 5) is 6.43. The fourth-order valence-electron chi connectivity index (χ4n) is 0.923. The van der Waals surface area contributed by atoms with Gasteiger partial charge in [0.25, 0.3) is 0 Å². The highest BCUT2D eigenvalue weighted by atomic mass is 127. The number of hydrogen-bond donors (Lipinski definition) is 2. The molecule has 0 aliphatic rings. The van der Waals surface area contributed by atoms with Gasteiger partial charge in [-0.2, -0.15) is 0 Å². The van der Waals surface area contributed by atoms with E-state index in [1.165, 1.54) is 0 Å². The van der Waals surface area contributed by atoms with Crippen LogP contribution >= 0.6 is 24.0 Å². The number of nitrogens with zero attached hydrogens (tertiary/aromatic N) is 2. The molecule has 0 unspecified atom stereocenters. The lowest BCUT2D eigenvalue weighted by Gasteiger charge is -2.19. The van der Waals surface area contributed by atoms with Crippen LogP contribution in [0.2, 0.25) is 0 Å². The number of hydrogen-bond acceptors (Lipinski definition) is 3. The van der Waals surface area contributed by atoms with Crippen LogP contribution in [0.3, 0.4) is 0 Å². The number of likely N-dealkylation sites (N-methyl/N-ethyl adjacent to an activating group) is 1. The van der Waals surface area contributed by atoms with E-state index in [2.05, 4.69) is 36.1 Å². The molecule has 0 aliphatic carbocycles. The fourth-order valence-corrected chi connectivity index (χ4v) is 0.923. The molecule has 0 aliphatic heterocycles. The number of nitrogens with one attached hydrogen (secondary N) is 1. The average Bonchev–Trinajstić information content (AvgIpc) is 2.18. The van der Waals surface area contributed by atoms with Gasteiger partial charge in [-0.05, 0) is 20.9 Å². The van der Waals surface area contributed by atoms with E-state index in [0.717, 1.165) is 13.1 Å². The summed E-state index contributed by atoms with van der Waals surface area (Å²) >= 11 is 0. The van der Waals surface area contributed by atoms with Gasteiger partial charge in [0.05, 0.1) is 13.2 Å². The smallest absolute Gasteiger partial charge is 0.188 e. The molecule has 3 N–H and O–H groups in total. The Labute approximate surface area is 116 Å². The Hall–Kier alpha value is -0.0800. The molecule has 0 radical (unpaired) electrons. The van der Waals surface area contributed by atoms with Gasteiger partial charge in [-0.25, -0.2) is 0 Å². The summed E-state index contributed by atoms with van der Waals surface area (Å²) in [6.07, 6.45) is 0. The Morgan fingerprint density at radius 3 is 2.62 bits per heavy atom. The van der Waals surface area contributed by atoms with Crippen LogP contribution < -0.4 is 11.1 Å². The summed E-state index contributed by atoms with van der Waals surface area (Å²) in [6.45, 7) is 7.30. The van der Waals surface area contributed by atoms with Crippen LogP contribution in [0, 0.1) is 0 Å². The second-order valence-corrected chi connectivity index (χ2v) is 3.76. The monoisotopic (exact) mass is 344 g/mol. The molecule has 0 bridgehead atoms. The van der Waals surface area contributed by atoms with Crippen LogP contribution in [-0.2, 0) is 4.74 Å². The highest BCUT2D eigenvalue weighted by Gasteiger charge is 2.01. The normalized spacial score (nSPS) is 11.8. The van der Waals surface area contributed by atoms with E-state index in [9.17, 15) is 0 Å². The molecule has 0 fully saturated rings. The van der Waals surface area contributed by atoms with Crippen molar-refractivity contribution in [2.24, 2.45) is 10.7 Å². The van der Waals surface area contributed by atoms with Crippen molar-refractivity contribution >= 4 is 29.9 Å². The molecule has 0 atom stereocenters. The van der Waals surface area contributed by atoms with Gasteiger partial charge in [-0.3, -0.25) is 4.99 Å². The third-order valence-corrected chi connectivity index (χ3v) is 2.23. The first kappa shape index (κ1) is 18.3. The number of nitrogens with two attached hydrogens (primary N) is 1. The Bertz CT molecular complexity index is 188. The van der Waals surface area contributed by atoms with E-state index in [1.807, 2.05) is 0 Å². The van der Waals surface area contributed by atoms with Crippen LogP contribution in [0.15, 0.2) is 4.99 Å². The Balaban J connectivity index is 0. The summed E-state index contributed by atoms with van der Waals surface area (Å²) in [5, 5.41) is 2.97. The number of methoxy groups -OCH3 is 1. The largest absolute Gasteiger partial charge is 0.383 e. The molecule has 0 aromatic carbocycles. The first-order chi connectivity index (χ1) is 7.07. The molecule has 5 nitrogen and oxygen atoms in total. The van der Waals surface area contributed by atoms with Crippen molar-refractivity contribution in [3.05, 3.63) is 0 Å². The zero-order valence-electron chi connectivity index (χ0n) is 10.7. The maximum atomic E-state index is 5.64. The fraction of sp³-hybridized carbons (Fsp3) is 0.900. The quantitative estimate of drug-likeness (QED) is 0.306. The van der Waals surface area contributed by atoms with Crippen molar-refractivity contribution in [3.63, 3.8) is 0 Å². The lowest BCUT2D eigenvalue weighted by molar-refractivity contribution is 0.204. The molecule has 0 aromatic heterocycles. The van der Waals surface area contributed by atoms with Crippen molar-refractivity contribution in [2.45, 2.75) is 19.9 Å². The molecule has 0 spiro atoms. The third-order valence-electron chi connectivity index (χ3n) is 2.23. The van der Waals surface area contributed by atoms with E-state index < -0.39 is 0 Å². The van der Waals surface area contributed by atoms with Gasteiger partial charge in [0.2, 0.25) is 0 Å². The van der Waals surface area contributed by atoms with Gasteiger partial charge in [-0.1, -0.05) is 0 Å². The maximum absolute atomic E-state index is 5.64. The van der Waals surface area contributed by atoms with E-state index in [1.54, 1.807) is 7.11 Å². The number of rotatable bonds is 7. The SMILES string of the molecule is COCCNC(N)=NCCN(C)C(C)C.I. The molecule has 98 valence electrons. The highest BCUT2D eigenvalue weighted by Crippen LogP contribution is 1.91. The van der Waals surface area contributed by atoms with Crippen LogP contribution in [0.1, 0.15) is 13.8 Å². The number of ether oxygens (including phenoxy) is 1. The van der Waals surface area contributed by atoms with Gasteiger partial charge >= 0.3 is 0 Å². The number of aliphatic imine (C=N–C) groups is 1. The summed E-state index contributed by atoms with van der Waals surface area (Å²) in [5.74, 6) is 0.490. The van der Waals surface area contributed by atoms with E-state index in [0.29, 0.717) is 25.2 Å². The molecule has 0 amide bonds. The Kier molecular flexibility index (Phi) is 13.0. The van der Waals surface area contributed by atoms with Crippen LogP contribution in [0.5, 0.6) is 0 Å². The minimum Gasteiger partial charge on any atom is -0.383 e. The molecular weight excluding hydrogens is 319 g/mol. The first-order valence-electron chi connectivity index (χ1n) is 5.31. The van der Waals surface area contributed by atoms with E-state index in [-0.39, 0.29) is 24.0 Å². The highest BCUT2D eigenvalue weighted by molar-refractivity contribution is 14.0. The Morgan fingerprint density at radius 1 is 1.50 bits per heavy atom. The van der Waals surface area contributed by atoms with Gasteiger partial charge in [0, 0.05) is 26.2 Å². The van der Waals surface area contributed by atoms with Crippen molar-refractivity contribution in [1.82, 2.24) is 10.2 Å². The van der Waals surface area contributed by atoms with Gasteiger partial charge in [-0.15, -0.1) is 24.0 Å². The lowest BCUT2D eigenvalue weighted by atomic mass is 10.3. The predicted molar refractivity (Wildman–Crippen MR) is 79.5 cm³/mol. The summed E-state index contributed by atoms with van der Waals surface area (Å²) in [6, 6.07) is 0.544. The third kappa shape index (κ3) is 10.4. The zero-order valence-corrected chi connectivity index (χ0v) is 13.0. The maximum Gasteiger partial charge on any atom is 0.188 e. The minimum absolute atomic E-state index is 0. The van der Waals surface area contributed by atoms with Crippen molar-refractivity contribution in [1.29, 1.82) is 0 Å². The second kappa shape index (κ2) is 11.4. The van der Waals surface area contributed by atoms with Crippen molar-refractivity contribution in [2.75, 3.05) is 40.4 Å². The average molecular weight is 344 g/mol. The zero-order chi connectivity index (χ0) is 11.7. The van der Waals surface area contributed by atoms with Crippen molar-refractivity contribution in [3.8, 4) is 0 Å². The van der Waals surface area contributed by atoms with Crippen molar-refractivity contribution < 1.29 is 4.74 Å². The summed E-state index contributed by atoms with van der Waals surface area (Å²) in [7, 11) is 3.74. The predicted octanol–water partition coefficient (Wildman–Crippen LogP) is 0.495. The van der Waals surface area contributed by atoms with Crippen LogP contribution in [0.4, 0.5) is 0 Å². The van der Waals surface area contributed by atoms with Crippen LogP contribution in [0.25, 0.3) is 0 Å². The van der Waals surface area contributed by atoms with Gasteiger partial charge in [0.15, 0.2) is 5.96 Å². The molecule has 0 saturated carbocycles. The standard InChI is InChI=1S/C10H24N4O.HI/c1-9(2)14(3)7-5-12-10(11)13-6-8-15-4;/h9H,5-8H2,1-4H3,(H3,11,12,13);1H. The molecule has 0 aromatic rings. The van der Waals surface area contributed by atoms with E-state index >= 15 is 0 Å². The molecular formula is C10H25IN4O. The molecule has 6 heteroatoms. The molecule has 0 rings (SSSR count). The minimum atomic E-state index is 0. The van der Waals surface area contributed by atoms with E-state index in [4.69, 9.17) is 10.5 Å². The lowest BCUT2D eigenvalue weighted by Crippen LogP contribution is -2.35. The number of halogens is 1. The summed E-state index contributed by atoms with van der Waals surface area (Å²) in [5.41, 5.74) is 5.64. The molecule has 16 heavy (non-hydrogen) atoms.